The maximum Gasteiger partial charge on any atom is 0.244 e. The molecular formula is C23H29N2O6+. The predicted octanol–water partition coefficient (Wildman–Crippen LogP) is 2.92. The van der Waals surface area contributed by atoms with Gasteiger partial charge in [0.2, 0.25) is 6.33 Å². The molecule has 0 amide bonds. The van der Waals surface area contributed by atoms with Gasteiger partial charge in [-0.3, -0.25) is 0 Å². The second kappa shape index (κ2) is 9.97. The van der Waals surface area contributed by atoms with Crippen LogP contribution in [0.2, 0.25) is 0 Å². The van der Waals surface area contributed by atoms with E-state index in [0.717, 1.165) is 22.6 Å². The topological polar surface area (TPSA) is 64.2 Å². The van der Waals surface area contributed by atoms with Gasteiger partial charge in [-0.05, 0) is 12.1 Å². The summed E-state index contributed by atoms with van der Waals surface area (Å²) in [5.74, 6) is 4.05. The van der Waals surface area contributed by atoms with E-state index in [9.17, 15) is 0 Å². The second-order valence-electron chi connectivity index (χ2n) is 6.80. The summed E-state index contributed by atoms with van der Waals surface area (Å²) in [6.07, 6.45) is 6.03. The monoisotopic (exact) mass is 429 g/mol. The van der Waals surface area contributed by atoms with Crippen molar-refractivity contribution in [3.05, 3.63) is 54.1 Å². The van der Waals surface area contributed by atoms with Crippen molar-refractivity contribution >= 4 is 0 Å². The molecule has 0 unspecified atom stereocenters. The van der Waals surface area contributed by atoms with Crippen LogP contribution in [0.15, 0.2) is 43.0 Å². The molecule has 0 aliphatic carbocycles. The fraction of sp³-hybridized carbons (Fsp3) is 0.348. The highest BCUT2D eigenvalue weighted by atomic mass is 16.5. The van der Waals surface area contributed by atoms with Crippen LogP contribution in [0, 0.1) is 0 Å². The minimum absolute atomic E-state index is 0.611. The lowest BCUT2D eigenvalue weighted by atomic mass is 10.1. The molecule has 0 fully saturated rings. The SMILES string of the molecule is COc1cc(OC)c(OC)cc1Cn1cc[n+](Cc2cc(OC)c(OC)cc2OC)c1. The smallest absolute Gasteiger partial charge is 0.244 e. The maximum absolute atomic E-state index is 5.54. The van der Waals surface area contributed by atoms with E-state index < -0.39 is 0 Å². The number of imidazole rings is 1. The molecule has 0 atom stereocenters. The van der Waals surface area contributed by atoms with E-state index in [0.29, 0.717) is 36.1 Å². The summed E-state index contributed by atoms with van der Waals surface area (Å²) in [5.41, 5.74) is 1.96. The highest BCUT2D eigenvalue weighted by molar-refractivity contribution is 5.51. The molecule has 1 aromatic heterocycles. The zero-order valence-corrected chi connectivity index (χ0v) is 18.8. The summed E-state index contributed by atoms with van der Waals surface area (Å²) in [7, 11) is 9.73. The summed E-state index contributed by atoms with van der Waals surface area (Å²) in [5, 5.41) is 0. The third-order valence-electron chi connectivity index (χ3n) is 5.03. The van der Waals surface area contributed by atoms with Crippen LogP contribution in [-0.4, -0.2) is 47.2 Å². The molecule has 8 heteroatoms. The first-order valence-electron chi connectivity index (χ1n) is 9.69. The van der Waals surface area contributed by atoms with Gasteiger partial charge in [0, 0.05) is 23.3 Å². The van der Waals surface area contributed by atoms with Gasteiger partial charge in [0.25, 0.3) is 0 Å². The van der Waals surface area contributed by atoms with Gasteiger partial charge in [0.1, 0.15) is 37.0 Å². The Morgan fingerprint density at radius 3 is 1.58 bits per heavy atom. The van der Waals surface area contributed by atoms with Crippen LogP contribution in [0.25, 0.3) is 0 Å². The minimum atomic E-state index is 0.611. The summed E-state index contributed by atoms with van der Waals surface area (Å²) in [6.45, 7) is 1.22. The van der Waals surface area contributed by atoms with Gasteiger partial charge in [-0.15, -0.1) is 0 Å². The number of ether oxygens (including phenoxy) is 6. The van der Waals surface area contributed by atoms with Crippen LogP contribution in [0.3, 0.4) is 0 Å². The predicted molar refractivity (Wildman–Crippen MR) is 115 cm³/mol. The Hall–Kier alpha value is -3.55. The molecule has 0 saturated heterocycles. The minimum Gasteiger partial charge on any atom is -0.496 e. The third-order valence-corrected chi connectivity index (χ3v) is 5.03. The highest BCUT2D eigenvalue weighted by Gasteiger charge is 2.17. The van der Waals surface area contributed by atoms with Gasteiger partial charge in [-0.2, -0.15) is 0 Å². The average Bonchev–Trinajstić information content (AvgIpc) is 3.24. The van der Waals surface area contributed by atoms with Gasteiger partial charge in [-0.1, -0.05) is 0 Å². The Morgan fingerprint density at radius 2 is 1.06 bits per heavy atom. The Morgan fingerprint density at radius 1 is 0.613 bits per heavy atom. The van der Waals surface area contributed by atoms with Crippen molar-refractivity contribution in [3.8, 4) is 34.5 Å². The van der Waals surface area contributed by atoms with Crippen LogP contribution < -0.4 is 33.0 Å². The summed E-state index contributed by atoms with van der Waals surface area (Å²) >= 11 is 0. The number of hydrogen-bond donors (Lipinski definition) is 0. The van der Waals surface area contributed by atoms with E-state index in [2.05, 4.69) is 9.13 Å². The molecule has 0 bridgehead atoms. The molecule has 0 spiro atoms. The Labute approximate surface area is 182 Å². The molecule has 31 heavy (non-hydrogen) atoms. The molecular weight excluding hydrogens is 400 g/mol. The molecule has 0 aliphatic rings. The zero-order valence-electron chi connectivity index (χ0n) is 18.8. The number of methoxy groups -OCH3 is 6. The van der Waals surface area contributed by atoms with Crippen molar-refractivity contribution in [2.45, 2.75) is 13.1 Å². The van der Waals surface area contributed by atoms with Gasteiger partial charge >= 0.3 is 0 Å². The standard InChI is InChI=1S/C23H29N2O6/c1-26-18-11-22(30-5)20(28-3)9-16(18)13-24-7-8-25(15-24)14-17-10-21(29-4)23(31-6)12-19(17)27-2/h7-12,15H,13-14H2,1-6H3/q+1. The zero-order chi connectivity index (χ0) is 22.4. The first kappa shape index (κ1) is 22.1. The summed E-state index contributed by atoms with van der Waals surface area (Å²) in [6, 6.07) is 7.53. The lowest BCUT2D eigenvalue weighted by Gasteiger charge is -2.13. The number of hydrogen-bond acceptors (Lipinski definition) is 6. The van der Waals surface area contributed by atoms with Crippen molar-refractivity contribution < 1.29 is 33.0 Å². The van der Waals surface area contributed by atoms with Crippen LogP contribution >= 0.6 is 0 Å². The number of nitrogens with zero attached hydrogens (tertiary/aromatic N) is 2. The number of rotatable bonds is 10. The van der Waals surface area contributed by atoms with Crippen LogP contribution in [0.1, 0.15) is 11.1 Å². The maximum atomic E-state index is 5.54. The van der Waals surface area contributed by atoms with Gasteiger partial charge in [0.05, 0.1) is 42.7 Å². The van der Waals surface area contributed by atoms with Crippen molar-refractivity contribution in [2.24, 2.45) is 0 Å². The van der Waals surface area contributed by atoms with E-state index in [4.69, 9.17) is 28.4 Å². The first-order valence-corrected chi connectivity index (χ1v) is 9.69. The van der Waals surface area contributed by atoms with E-state index in [1.807, 2.05) is 43.0 Å². The molecule has 166 valence electrons. The van der Waals surface area contributed by atoms with E-state index >= 15 is 0 Å². The van der Waals surface area contributed by atoms with Gasteiger partial charge in [0.15, 0.2) is 23.0 Å². The highest BCUT2D eigenvalue weighted by Crippen LogP contribution is 2.35. The van der Waals surface area contributed by atoms with E-state index in [1.54, 1.807) is 42.7 Å². The lowest BCUT2D eigenvalue weighted by molar-refractivity contribution is -0.687. The Bertz CT molecular complexity index is 951. The number of benzene rings is 2. The Kier molecular flexibility index (Phi) is 7.12. The largest absolute Gasteiger partial charge is 0.496 e. The van der Waals surface area contributed by atoms with Crippen LogP contribution in [0.4, 0.5) is 0 Å². The van der Waals surface area contributed by atoms with Crippen molar-refractivity contribution in [1.29, 1.82) is 0 Å². The quantitative estimate of drug-likeness (QED) is 0.462. The first-order chi connectivity index (χ1) is 15.1. The fourth-order valence-electron chi connectivity index (χ4n) is 3.45. The van der Waals surface area contributed by atoms with Crippen molar-refractivity contribution in [3.63, 3.8) is 0 Å². The average molecular weight is 429 g/mol. The molecule has 0 N–H and O–H groups in total. The second-order valence-corrected chi connectivity index (χ2v) is 6.80. The normalized spacial score (nSPS) is 10.5. The van der Waals surface area contributed by atoms with E-state index in [-0.39, 0.29) is 0 Å². The van der Waals surface area contributed by atoms with E-state index in [1.165, 1.54) is 0 Å². The van der Waals surface area contributed by atoms with Crippen molar-refractivity contribution in [2.75, 3.05) is 42.7 Å². The molecule has 3 aromatic rings. The molecule has 8 nitrogen and oxygen atoms in total. The van der Waals surface area contributed by atoms with Crippen LogP contribution in [0.5, 0.6) is 34.5 Å². The Balaban J connectivity index is 1.85. The summed E-state index contributed by atoms with van der Waals surface area (Å²) in [4.78, 5) is 0. The van der Waals surface area contributed by atoms with Crippen LogP contribution in [-0.2, 0) is 13.1 Å². The molecule has 0 aliphatic heterocycles. The molecule has 2 aromatic carbocycles. The molecule has 3 rings (SSSR count). The summed E-state index contributed by atoms with van der Waals surface area (Å²) < 4.78 is 36.8. The molecule has 0 radical (unpaired) electrons. The van der Waals surface area contributed by atoms with Gasteiger partial charge in [-0.25, -0.2) is 9.13 Å². The van der Waals surface area contributed by atoms with Gasteiger partial charge < -0.3 is 28.4 Å². The fourth-order valence-corrected chi connectivity index (χ4v) is 3.45. The number of aromatic nitrogens is 2. The third kappa shape index (κ3) is 4.79. The van der Waals surface area contributed by atoms with Crippen molar-refractivity contribution in [1.82, 2.24) is 4.57 Å². The molecule has 1 heterocycles. The molecule has 0 saturated carbocycles. The lowest BCUT2D eigenvalue weighted by Crippen LogP contribution is -2.31.